The zero-order valence-electron chi connectivity index (χ0n) is 9.47. The molecule has 0 saturated heterocycles. The monoisotopic (exact) mass is 255 g/mol. The van der Waals surface area contributed by atoms with Crippen molar-refractivity contribution in [1.29, 1.82) is 0 Å². The number of pyridine rings is 2. The van der Waals surface area contributed by atoms with Crippen molar-refractivity contribution in [2.45, 2.75) is 0 Å². The first kappa shape index (κ1) is 11.0. The maximum absolute atomic E-state index is 5.99. The van der Waals surface area contributed by atoms with Crippen LogP contribution >= 0.6 is 11.6 Å². The second kappa shape index (κ2) is 4.27. The number of rotatable bonds is 1. The fourth-order valence-electron chi connectivity index (χ4n) is 1.92. The van der Waals surface area contributed by atoms with E-state index in [1.807, 2.05) is 30.3 Å². The summed E-state index contributed by atoms with van der Waals surface area (Å²) in [6.45, 7) is 0. The van der Waals surface area contributed by atoms with E-state index in [1.165, 1.54) is 0 Å². The molecule has 18 heavy (non-hydrogen) atoms. The third-order valence-electron chi connectivity index (χ3n) is 2.74. The van der Waals surface area contributed by atoms with Crippen LogP contribution in [0, 0.1) is 0 Å². The van der Waals surface area contributed by atoms with Crippen molar-refractivity contribution in [2.75, 3.05) is 5.73 Å². The van der Waals surface area contributed by atoms with Crippen molar-refractivity contribution >= 4 is 28.3 Å². The lowest BCUT2D eigenvalue weighted by atomic mass is 10.1. The summed E-state index contributed by atoms with van der Waals surface area (Å²) in [7, 11) is 0. The molecule has 0 saturated carbocycles. The molecule has 88 valence electrons. The van der Waals surface area contributed by atoms with E-state index in [0.717, 1.165) is 22.2 Å². The predicted octanol–water partition coefficient (Wildman–Crippen LogP) is 3.53. The molecular formula is C14H10ClN3. The van der Waals surface area contributed by atoms with Gasteiger partial charge in [0.1, 0.15) is 5.82 Å². The predicted molar refractivity (Wildman–Crippen MR) is 74.4 cm³/mol. The summed E-state index contributed by atoms with van der Waals surface area (Å²) in [5.41, 5.74) is 8.31. The van der Waals surface area contributed by atoms with Gasteiger partial charge in [0.05, 0.1) is 11.2 Å². The summed E-state index contributed by atoms with van der Waals surface area (Å²) in [5, 5.41) is 1.68. The molecule has 2 aromatic heterocycles. The number of nitrogens with two attached hydrogens (primary N) is 1. The molecule has 0 atom stereocenters. The second-order valence-electron chi connectivity index (χ2n) is 3.97. The highest BCUT2D eigenvalue weighted by Crippen LogP contribution is 2.27. The van der Waals surface area contributed by atoms with Crippen LogP contribution in [0.5, 0.6) is 0 Å². The first-order valence-electron chi connectivity index (χ1n) is 5.51. The number of para-hydroxylation sites is 1. The topological polar surface area (TPSA) is 51.8 Å². The van der Waals surface area contributed by atoms with Crippen molar-refractivity contribution in [3.63, 3.8) is 0 Å². The molecule has 2 N–H and O–H groups in total. The quantitative estimate of drug-likeness (QED) is 0.724. The molecule has 0 amide bonds. The van der Waals surface area contributed by atoms with Gasteiger partial charge < -0.3 is 5.73 Å². The van der Waals surface area contributed by atoms with Crippen molar-refractivity contribution in [2.24, 2.45) is 0 Å². The molecular weight excluding hydrogens is 246 g/mol. The molecule has 0 fully saturated rings. The maximum Gasteiger partial charge on any atom is 0.124 e. The van der Waals surface area contributed by atoms with Gasteiger partial charge in [0, 0.05) is 22.2 Å². The lowest BCUT2D eigenvalue weighted by Crippen LogP contribution is -1.92. The number of anilines is 1. The van der Waals surface area contributed by atoms with Crippen molar-refractivity contribution < 1.29 is 0 Å². The third-order valence-corrected chi connectivity index (χ3v) is 2.97. The number of aromatic nitrogens is 2. The summed E-state index contributed by atoms with van der Waals surface area (Å²) in [6, 6.07) is 13.2. The van der Waals surface area contributed by atoms with E-state index in [1.54, 1.807) is 18.3 Å². The van der Waals surface area contributed by atoms with Crippen molar-refractivity contribution in [3.05, 3.63) is 53.7 Å². The third kappa shape index (κ3) is 1.89. The maximum atomic E-state index is 5.99. The minimum Gasteiger partial charge on any atom is -0.384 e. The van der Waals surface area contributed by atoms with Crippen LogP contribution in [0.3, 0.4) is 0 Å². The van der Waals surface area contributed by atoms with Crippen LogP contribution in [0.4, 0.5) is 5.82 Å². The molecule has 0 unspecified atom stereocenters. The normalized spacial score (nSPS) is 10.7. The Hall–Kier alpha value is -2.13. The summed E-state index contributed by atoms with van der Waals surface area (Å²) in [4.78, 5) is 8.70. The van der Waals surface area contributed by atoms with E-state index >= 15 is 0 Å². The molecule has 0 aliphatic rings. The zero-order valence-corrected chi connectivity index (χ0v) is 10.2. The van der Waals surface area contributed by atoms with Gasteiger partial charge in [0.2, 0.25) is 0 Å². The van der Waals surface area contributed by atoms with Crippen molar-refractivity contribution in [1.82, 2.24) is 9.97 Å². The first-order chi connectivity index (χ1) is 8.74. The van der Waals surface area contributed by atoms with Gasteiger partial charge in [-0.25, -0.2) is 4.98 Å². The van der Waals surface area contributed by atoms with Crippen LogP contribution in [0.1, 0.15) is 0 Å². The van der Waals surface area contributed by atoms with E-state index in [-0.39, 0.29) is 0 Å². The standard InChI is InChI=1S/C14H10ClN3/c15-10-6-7-17-12(8-10)11-3-1-2-9-4-5-13(16)18-14(9)11/h1-8H,(H2,16,18). The SMILES string of the molecule is Nc1ccc2cccc(-c3cc(Cl)ccn3)c2n1. The molecule has 1 aromatic carbocycles. The largest absolute Gasteiger partial charge is 0.384 e. The lowest BCUT2D eigenvalue weighted by molar-refractivity contribution is 1.32. The summed E-state index contributed by atoms with van der Waals surface area (Å²) in [5.74, 6) is 0.497. The second-order valence-corrected chi connectivity index (χ2v) is 4.41. The summed E-state index contributed by atoms with van der Waals surface area (Å²) in [6.07, 6.45) is 1.68. The number of nitrogen functional groups attached to an aromatic ring is 1. The van der Waals surface area contributed by atoms with Crippen molar-refractivity contribution in [3.8, 4) is 11.3 Å². The summed E-state index contributed by atoms with van der Waals surface area (Å²) < 4.78 is 0. The van der Waals surface area contributed by atoms with Crippen LogP contribution in [0.25, 0.3) is 22.2 Å². The Morgan fingerprint density at radius 2 is 1.94 bits per heavy atom. The van der Waals surface area contributed by atoms with Gasteiger partial charge in [-0.2, -0.15) is 0 Å². The molecule has 0 bridgehead atoms. The fraction of sp³-hybridized carbons (Fsp3) is 0. The van der Waals surface area contributed by atoms with Gasteiger partial charge in [0.25, 0.3) is 0 Å². The van der Waals surface area contributed by atoms with Crippen LogP contribution in [-0.2, 0) is 0 Å². The van der Waals surface area contributed by atoms with E-state index in [4.69, 9.17) is 17.3 Å². The minimum atomic E-state index is 0.497. The van der Waals surface area contributed by atoms with Crippen LogP contribution in [0.2, 0.25) is 5.02 Å². The lowest BCUT2D eigenvalue weighted by Gasteiger charge is -2.06. The molecule has 4 heteroatoms. The highest BCUT2D eigenvalue weighted by molar-refractivity contribution is 6.30. The molecule has 3 rings (SSSR count). The number of hydrogen-bond donors (Lipinski definition) is 1. The molecule has 0 spiro atoms. The van der Waals surface area contributed by atoms with E-state index in [2.05, 4.69) is 9.97 Å². The Kier molecular flexibility index (Phi) is 2.61. The Morgan fingerprint density at radius 1 is 1.06 bits per heavy atom. The fourth-order valence-corrected chi connectivity index (χ4v) is 2.08. The smallest absolute Gasteiger partial charge is 0.124 e. The first-order valence-corrected chi connectivity index (χ1v) is 5.89. The highest BCUT2D eigenvalue weighted by Gasteiger charge is 2.07. The minimum absolute atomic E-state index is 0.497. The van der Waals surface area contributed by atoms with Gasteiger partial charge >= 0.3 is 0 Å². The van der Waals surface area contributed by atoms with E-state index < -0.39 is 0 Å². The van der Waals surface area contributed by atoms with Gasteiger partial charge in [-0.15, -0.1) is 0 Å². The molecule has 3 nitrogen and oxygen atoms in total. The van der Waals surface area contributed by atoms with Gasteiger partial charge in [0.15, 0.2) is 0 Å². The Balaban J connectivity index is 2.32. The van der Waals surface area contributed by atoms with Crippen LogP contribution in [-0.4, -0.2) is 9.97 Å². The number of halogens is 1. The number of hydrogen-bond acceptors (Lipinski definition) is 3. The summed E-state index contributed by atoms with van der Waals surface area (Å²) >= 11 is 5.99. The molecule has 3 aromatic rings. The number of benzene rings is 1. The average molecular weight is 256 g/mol. The average Bonchev–Trinajstić information content (AvgIpc) is 2.38. The van der Waals surface area contributed by atoms with E-state index in [0.29, 0.717) is 10.8 Å². The molecule has 0 radical (unpaired) electrons. The Labute approximate surface area is 109 Å². The van der Waals surface area contributed by atoms with Gasteiger partial charge in [-0.05, 0) is 24.3 Å². The molecule has 2 heterocycles. The molecule has 0 aliphatic heterocycles. The number of nitrogens with zero attached hydrogens (tertiary/aromatic N) is 2. The Bertz CT molecular complexity index is 725. The number of fused-ring (bicyclic) bond motifs is 1. The zero-order chi connectivity index (χ0) is 12.5. The Morgan fingerprint density at radius 3 is 2.78 bits per heavy atom. The van der Waals surface area contributed by atoms with Gasteiger partial charge in [-0.3, -0.25) is 4.98 Å². The van der Waals surface area contributed by atoms with Gasteiger partial charge in [-0.1, -0.05) is 29.8 Å². The van der Waals surface area contributed by atoms with Crippen LogP contribution < -0.4 is 5.73 Å². The highest BCUT2D eigenvalue weighted by atomic mass is 35.5. The van der Waals surface area contributed by atoms with Crippen LogP contribution in [0.15, 0.2) is 48.7 Å². The molecule has 0 aliphatic carbocycles. The van der Waals surface area contributed by atoms with E-state index in [9.17, 15) is 0 Å².